The third-order valence-corrected chi connectivity index (χ3v) is 5.69. The molecule has 0 bridgehead atoms. The van der Waals surface area contributed by atoms with E-state index in [1.54, 1.807) is 26.0 Å². The van der Waals surface area contributed by atoms with Gasteiger partial charge in [0.25, 0.3) is 0 Å². The number of phenols is 1. The highest BCUT2D eigenvalue weighted by atomic mass is 16.4. The molecule has 0 saturated carbocycles. The van der Waals surface area contributed by atoms with Gasteiger partial charge >= 0.3 is 5.97 Å². The third-order valence-electron chi connectivity index (χ3n) is 5.69. The lowest BCUT2D eigenvalue weighted by atomic mass is 10.00. The van der Waals surface area contributed by atoms with Crippen molar-refractivity contribution < 1.29 is 24.6 Å². The van der Waals surface area contributed by atoms with E-state index in [2.05, 4.69) is 15.6 Å². The molecule has 0 spiro atoms. The molecule has 0 fully saturated rings. The molecular formula is C25H30N4O5. The molecule has 1 aromatic heterocycles. The molecular weight excluding hydrogens is 436 g/mol. The highest BCUT2D eigenvalue weighted by Gasteiger charge is 2.30. The minimum absolute atomic E-state index is 0.0280. The first-order valence-corrected chi connectivity index (χ1v) is 11.1. The molecule has 0 aliphatic carbocycles. The normalized spacial score (nSPS) is 13.9. The summed E-state index contributed by atoms with van der Waals surface area (Å²) < 4.78 is 0. The number of amides is 2. The number of aromatic amines is 1. The van der Waals surface area contributed by atoms with Crippen LogP contribution in [-0.4, -0.2) is 51.1 Å². The summed E-state index contributed by atoms with van der Waals surface area (Å²) in [5, 5.41) is 25.2. The van der Waals surface area contributed by atoms with E-state index >= 15 is 0 Å². The van der Waals surface area contributed by atoms with Crippen LogP contribution in [0, 0.1) is 5.92 Å². The van der Waals surface area contributed by atoms with E-state index < -0.39 is 35.9 Å². The van der Waals surface area contributed by atoms with Crippen LogP contribution in [0.2, 0.25) is 0 Å². The summed E-state index contributed by atoms with van der Waals surface area (Å²) in [5.41, 5.74) is 8.61. The Bertz CT molecular complexity index is 1160. The van der Waals surface area contributed by atoms with E-state index in [0.29, 0.717) is 5.56 Å². The van der Waals surface area contributed by atoms with E-state index in [1.807, 2.05) is 30.5 Å². The maximum absolute atomic E-state index is 12.9. The molecule has 0 aliphatic heterocycles. The number of aliphatic carboxylic acids is 1. The number of H-pyrrole nitrogens is 1. The lowest BCUT2D eigenvalue weighted by Crippen LogP contribution is -2.56. The minimum Gasteiger partial charge on any atom is -0.508 e. The van der Waals surface area contributed by atoms with Gasteiger partial charge in [0.15, 0.2) is 0 Å². The smallest absolute Gasteiger partial charge is 0.326 e. The summed E-state index contributed by atoms with van der Waals surface area (Å²) in [4.78, 5) is 40.6. The van der Waals surface area contributed by atoms with Gasteiger partial charge < -0.3 is 31.6 Å². The number of phenolic OH excluding ortho intramolecular Hbond substituents is 1. The fourth-order valence-corrected chi connectivity index (χ4v) is 3.75. The second-order valence-corrected chi connectivity index (χ2v) is 8.67. The summed E-state index contributed by atoms with van der Waals surface area (Å²) in [6.45, 7) is 3.51. The van der Waals surface area contributed by atoms with E-state index in [-0.39, 0.29) is 24.5 Å². The summed E-state index contributed by atoms with van der Waals surface area (Å²) >= 11 is 0. The largest absolute Gasteiger partial charge is 0.508 e. The van der Waals surface area contributed by atoms with E-state index in [4.69, 9.17) is 5.73 Å². The van der Waals surface area contributed by atoms with Crippen molar-refractivity contribution in [2.45, 2.75) is 44.8 Å². The first-order valence-electron chi connectivity index (χ1n) is 11.1. The Morgan fingerprint density at radius 1 is 0.971 bits per heavy atom. The number of hydrogen-bond donors (Lipinski definition) is 6. The molecule has 34 heavy (non-hydrogen) atoms. The third kappa shape index (κ3) is 6.14. The standard InChI is InChI=1S/C25H30N4O5/c1-14(2)22(24(32)28-21(25(33)34)11-15-7-9-17(30)10-8-15)29-23(31)19(26)12-16-13-27-20-6-4-3-5-18(16)20/h3-10,13-14,19,21-22,27,30H,11-12,26H2,1-2H3,(H,28,32)(H,29,31)(H,33,34)/t19-,21-,22-/m0/s1. The molecule has 3 atom stereocenters. The van der Waals surface area contributed by atoms with Gasteiger partial charge in [-0.25, -0.2) is 4.79 Å². The lowest BCUT2D eigenvalue weighted by Gasteiger charge is -2.25. The van der Waals surface area contributed by atoms with Gasteiger partial charge in [-0.2, -0.15) is 0 Å². The van der Waals surface area contributed by atoms with E-state index in [9.17, 15) is 24.6 Å². The van der Waals surface area contributed by atoms with Crippen molar-refractivity contribution in [2.75, 3.05) is 0 Å². The van der Waals surface area contributed by atoms with Crippen LogP contribution in [0.4, 0.5) is 0 Å². The average molecular weight is 467 g/mol. The zero-order chi connectivity index (χ0) is 24.8. The minimum atomic E-state index is -1.20. The Morgan fingerprint density at radius 2 is 1.65 bits per heavy atom. The van der Waals surface area contributed by atoms with Crippen LogP contribution in [0.25, 0.3) is 10.9 Å². The Labute approximate surface area is 197 Å². The lowest BCUT2D eigenvalue weighted by molar-refractivity contribution is -0.142. The molecule has 3 rings (SSSR count). The van der Waals surface area contributed by atoms with Crippen LogP contribution in [-0.2, 0) is 27.2 Å². The Morgan fingerprint density at radius 3 is 2.29 bits per heavy atom. The second kappa shape index (κ2) is 10.8. The Balaban J connectivity index is 1.65. The number of hydrogen-bond acceptors (Lipinski definition) is 5. The van der Waals surface area contributed by atoms with Gasteiger partial charge in [-0.1, -0.05) is 44.2 Å². The number of aromatic nitrogens is 1. The quantitative estimate of drug-likeness (QED) is 0.267. The number of para-hydroxylation sites is 1. The van der Waals surface area contributed by atoms with Crippen LogP contribution in [0.15, 0.2) is 54.7 Å². The molecule has 0 radical (unpaired) electrons. The van der Waals surface area contributed by atoms with Crippen molar-refractivity contribution in [3.8, 4) is 5.75 Å². The molecule has 7 N–H and O–H groups in total. The fourth-order valence-electron chi connectivity index (χ4n) is 3.75. The van der Waals surface area contributed by atoms with Gasteiger partial charge in [0, 0.05) is 23.5 Å². The number of carbonyl (C=O) groups excluding carboxylic acids is 2. The number of carboxylic acid groups (broad SMARTS) is 1. The molecule has 180 valence electrons. The summed E-state index contributed by atoms with van der Waals surface area (Å²) in [6, 6.07) is 10.7. The van der Waals surface area contributed by atoms with E-state index in [0.717, 1.165) is 16.5 Å². The number of fused-ring (bicyclic) bond motifs is 1. The molecule has 9 heteroatoms. The van der Waals surface area contributed by atoms with Crippen LogP contribution in [0.3, 0.4) is 0 Å². The van der Waals surface area contributed by atoms with Gasteiger partial charge in [-0.15, -0.1) is 0 Å². The monoisotopic (exact) mass is 466 g/mol. The van der Waals surface area contributed by atoms with Gasteiger partial charge in [0.2, 0.25) is 11.8 Å². The average Bonchev–Trinajstić information content (AvgIpc) is 3.20. The van der Waals surface area contributed by atoms with Gasteiger partial charge in [-0.05, 0) is 41.7 Å². The van der Waals surface area contributed by atoms with Crippen molar-refractivity contribution >= 4 is 28.7 Å². The van der Waals surface area contributed by atoms with Crippen LogP contribution in [0.5, 0.6) is 5.75 Å². The number of carbonyl (C=O) groups is 3. The van der Waals surface area contributed by atoms with Crippen LogP contribution < -0.4 is 16.4 Å². The summed E-state index contributed by atoms with van der Waals surface area (Å²) in [7, 11) is 0. The van der Waals surface area contributed by atoms with E-state index in [1.165, 1.54) is 12.1 Å². The molecule has 1 heterocycles. The van der Waals surface area contributed by atoms with Gasteiger partial charge in [-0.3, -0.25) is 9.59 Å². The number of rotatable bonds is 10. The molecule has 0 unspecified atom stereocenters. The molecule has 3 aromatic rings. The van der Waals surface area contributed by atoms with Crippen LogP contribution in [0.1, 0.15) is 25.0 Å². The first-order chi connectivity index (χ1) is 16.2. The molecule has 0 aliphatic rings. The summed E-state index contributed by atoms with van der Waals surface area (Å²) in [5.74, 6) is -2.54. The van der Waals surface area contributed by atoms with Gasteiger partial charge in [0.1, 0.15) is 17.8 Å². The summed E-state index contributed by atoms with van der Waals surface area (Å²) in [6.07, 6.45) is 2.12. The first kappa shape index (κ1) is 24.8. The molecule has 9 nitrogen and oxygen atoms in total. The predicted molar refractivity (Wildman–Crippen MR) is 128 cm³/mol. The van der Waals surface area contributed by atoms with Crippen molar-refractivity contribution in [1.29, 1.82) is 0 Å². The van der Waals surface area contributed by atoms with Gasteiger partial charge in [0.05, 0.1) is 6.04 Å². The second-order valence-electron chi connectivity index (χ2n) is 8.67. The van der Waals surface area contributed by atoms with Crippen molar-refractivity contribution in [3.05, 3.63) is 65.9 Å². The zero-order valence-corrected chi connectivity index (χ0v) is 19.1. The molecule has 2 amide bonds. The SMILES string of the molecule is CC(C)[C@H](NC(=O)[C@@H](N)Cc1c[nH]c2ccccc12)C(=O)N[C@@H](Cc1ccc(O)cc1)C(=O)O. The molecule has 0 saturated heterocycles. The number of aromatic hydroxyl groups is 1. The maximum Gasteiger partial charge on any atom is 0.326 e. The number of carboxylic acids is 1. The predicted octanol–water partition coefficient (Wildman–Crippen LogP) is 1.70. The highest BCUT2D eigenvalue weighted by molar-refractivity contribution is 5.92. The fraction of sp³-hybridized carbons (Fsp3) is 0.320. The van der Waals surface area contributed by atoms with Crippen molar-refractivity contribution in [2.24, 2.45) is 11.7 Å². The van der Waals surface area contributed by atoms with Crippen molar-refractivity contribution in [3.63, 3.8) is 0 Å². The van der Waals surface area contributed by atoms with Crippen molar-refractivity contribution in [1.82, 2.24) is 15.6 Å². The zero-order valence-electron chi connectivity index (χ0n) is 19.1. The Kier molecular flexibility index (Phi) is 7.91. The number of nitrogens with one attached hydrogen (secondary N) is 3. The highest BCUT2D eigenvalue weighted by Crippen LogP contribution is 2.19. The molecule has 2 aromatic carbocycles. The van der Waals surface area contributed by atoms with Crippen LogP contribution >= 0.6 is 0 Å². The Hall–Kier alpha value is -3.85. The number of nitrogens with two attached hydrogens (primary N) is 1. The maximum atomic E-state index is 12.9. The number of benzene rings is 2. The topological polar surface area (TPSA) is 158 Å².